The van der Waals surface area contributed by atoms with Crippen LogP contribution in [0.2, 0.25) is 0 Å². The van der Waals surface area contributed by atoms with Crippen molar-refractivity contribution in [2.24, 2.45) is 5.73 Å². The summed E-state index contributed by atoms with van der Waals surface area (Å²) in [5.41, 5.74) is 8.74. The van der Waals surface area contributed by atoms with Crippen LogP contribution in [-0.4, -0.2) is 21.0 Å². The number of carbonyl (C=O) groups is 1. The third-order valence-corrected chi connectivity index (χ3v) is 3.55. The molecule has 3 aromatic rings. The molecule has 0 saturated carbocycles. The van der Waals surface area contributed by atoms with E-state index in [4.69, 9.17) is 5.73 Å². The van der Waals surface area contributed by atoms with E-state index in [0.717, 1.165) is 11.1 Å². The average Bonchev–Trinajstić information content (AvgIpc) is 2.62. The minimum atomic E-state index is -0.487. The van der Waals surface area contributed by atoms with E-state index in [0.29, 0.717) is 22.8 Å². The zero-order chi connectivity index (χ0) is 16.9. The molecule has 120 valence electrons. The number of nitrogens with two attached hydrogens (primary N) is 1. The van der Waals surface area contributed by atoms with Crippen molar-refractivity contribution >= 4 is 17.4 Å². The number of aromatic nitrogens is 2. The van der Waals surface area contributed by atoms with Gasteiger partial charge in [-0.2, -0.15) is 0 Å². The van der Waals surface area contributed by atoms with E-state index in [1.54, 1.807) is 24.3 Å². The molecule has 0 bridgehead atoms. The number of hydrogen-bond donors (Lipinski definition) is 3. The van der Waals surface area contributed by atoms with Crippen LogP contribution in [0.25, 0.3) is 11.3 Å². The van der Waals surface area contributed by atoms with Gasteiger partial charge in [0.05, 0.1) is 12.3 Å². The summed E-state index contributed by atoms with van der Waals surface area (Å²) in [4.78, 5) is 19.7. The van der Waals surface area contributed by atoms with Crippen molar-refractivity contribution in [3.63, 3.8) is 0 Å². The maximum Gasteiger partial charge on any atom is 0.248 e. The lowest BCUT2D eigenvalue weighted by Crippen LogP contribution is -2.10. The Labute approximate surface area is 139 Å². The Morgan fingerprint density at radius 2 is 1.92 bits per heavy atom. The Bertz CT molecular complexity index is 880. The van der Waals surface area contributed by atoms with E-state index >= 15 is 0 Å². The fourth-order valence-corrected chi connectivity index (χ4v) is 2.38. The largest absolute Gasteiger partial charge is 0.392 e. The van der Waals surface area contributed by atoms with Gasteiger partial charge in [0, 0.05) is 22.9 Å². The van der Waals surface area contributed by atoms with Crippen LogP contribution in [0.5, 0.6) is 0 Å². The second-order valence-corrected chi connectivity index (χ2v) is 5.17. The predicted octanol–water partition coefficient (Wildman–Crippen LogP) is 2.48. The normalized spacial score (nSPS) is 10.4. The molecule has 0 aliphatic heterocycles. The molecule has 0 aliphatic rings. The molecule has 6 heteroatoms. The topological polar surface area (TPSA) is 101 Å². The third kappa shape index (κ3) is 3.39. The summed E-state index contributed by atoms with van der Waals surface area (Å²) in [5.74, 6) is 0.0910. The standard InChI is InChI=1S/C18H16N4O2/c19-18(24)12-5-3-6-14(8-12)22-17-9-16(20-11-21-17)15-7-2-1-4-13(15)10-23/h1-9,11,23H,10H2,(H2,19,24)(H,20,21,22). The van der Waals surface area contributed by atoms with E-state index < -0.39 is 5.91 Å². The number of benzene rings is 2. The van der Waals surface area contributed by atoms with Crippen LogP contribution in [0.15, 0.2) is 60.9 Å². The fraction of sp³-hybridized carbons (Fsp3) is 0.0556. The summed E-state index contributed by atoms with van der Waals surface area (Å²) in [6, 6.07) is 16.1. The molecule has 6 nitrogen and oxygen atoms in total. The molecule has 0 saturated heterocycles. The number of hydrogen-bond acceptors (Lipinski definition) is 5. The molecule has 1 aromatic heterocycles. The van der Waals surface area contributed by atoms with Crippen LogP contribution in [0.4, 0.5) is 11.5 Å². The van der Waals surface area contributed by atoms with E-state index in [2.05, 4.69) is 15.3 Å². The van der Waals surface area contributed by atoms with Gasteiger partial charge in [0.1, 0.15) is 12.1 Å². The highest BCUT2D eigenvalue weighted by atomic mass is 16.3. The Morgan fingerprint density at radius 1 is 1.08 bits per heavy atom. The number of primary amides is 1. The summed E-state index contributed by atoms with van der Waals surface area (Å²) in [6.07, 6.45) is 1.45. The molecule has 4 N–H and O–H groups in total. The van der Waals surface area contributed by atoms with Gasteiger partial charge in [0.15, 0.2) is 0 Å². The van der Waals surface area contributed by atoms with E-state index in [9.17, 15) is 9.90 Å². The summed E-state index contributed by atoms with van der Waals surface area (Å²) in [7, 11) is 0. The summed E-state index contributed by atoms with van der Waals surface area (Å²) in [5, 5.41) is 12.6. The monoisotopic (exact) mass is 320 g/mol. The minimum absolute atomic E-state index is 0.0659. The van der Waals surface area contributed by atoms with Crippen molar-refractivity contribution < 1.29 is 9.90 Å². The van der Waals surface area contributed by atoms with Gasteiger partial charge in [-0.25, -0.2) is 9.97 Å². The molecule has 0 unspecified atom stereocenters. The van der Waals surface area contributed by atoms with Gasteiger partial charge in [0.2, 0.25) is 5.91 Å². The van der Waals surface area contributed by atoms with Crippen LogP contribution in [-0.2, 0) is 6.61 Å². The van der Waals surface area contributed by atoms with Gasteiger partial charge in [-0.1, -0.05) is 30.3 Å². The number of rotatable bonds is 5. The first-order valence-electron chi connectivity index (χ1n) is 7.35. The minimum Gasteiger partial charge on any atom is -0.392 e. The highest BCUT2D eigenvalue weighted by Crippen LogP contribution is 2.24. The molecular weight excluding hydrogens is 304 g/mol. The van der Waals surface area contributed by atoms with Gasteiger partial charge in [-0.3, -0.25) is 4.79 Å². The molecule has 0 aliphatic carbocycles. The Hall–Kier alpha value is -3.25. The maximum absolute atomic E-state index is 11.3. The summed E-state index contributed by atoms with van der Waals surface area (Å²) in [6.45, 7) is -0.0659. The summed E-state index contributed by atoms with van der Waals surface area (Å²) < 4.78 is 0. The molecule has 0 radical (unpaired) electrons. The zero-order valence-electron chi connectivity index (χ0n) is 12.8. The SMILES string of the molecule is NC(=O)c1cccc(Nc2cc(-c3ccccc3CO)ncn2)c1. The number of anilines is 2. The Kier molecular flexibility index (Phi) is 4.49. The van der Waals surface area contributed by atoms with Crippen molar-refractivity contribution in [3.8, 4) is 11.3 Å². The van der Waals surface area contributed by atoms with E-state index in [1.807, 2.05) is 30.3 Å². The quantitative estimate of drug-likeness (QED) is 0.670. The lowest BCUT2D eigenvalue weighted by atomic mass is 10.0. The van der Waals surface area contributed by atoms with Gasteiger partial charge in [0.25, 0.3) is 0 Å². The molecule has 0 fully saturated rings. The molecule has 24 heavy (non-hydrogen) atoms. The van der Waals surface area contributed by atoms with Gasteiger partial charge < -0.3 is 16.2 Å². The average molecular weight is 320 g/mol. The number of aliphatic hydroxyl groups excluding tert-OH is 1. The molecule has 1 heterocycles. The van der Waals surface area contributed by atoms with Crippen LogP contribution in [0.3, 0.4) is 0 Å². The van der Waals surface area contributed by atoms with Gasteiger partial charge >= 0.3 is 0 Å². The lowest BCUT2D eigenvalue weighted by molar-refractivity contribution is 0.100. The van der Waals surface area contributed by atoms with Crippen LogP contribution < -0.4 is 11.1 Å². The summed E-state index contributed by atoms with van der Waals surface area (Å²) >= 11 is 0. The molecular formula is C18H16N4O2. The van der Waals surface area contributed by atoms with Crippen LogP contribution in [0, 0.1) is 0 Å². The van der Waals surface area contributed by atoms with E-state index in [-0.39, 0.29) is 6.61 Å². The Balaban J connectivity index is 1.91. The predicted molar refractivity (Wildman–Crippen MR) is 91.6 cm³/mol. The van der Waals surface area contributed by atoms with E-state index in [1.165, 1.54) is 6.33 Å². The van der Waals surface area contributed by atoms with Crippen LogP contribution >= 0.6 is 0 Å². The fourth-order valence-electron chi connectivity index (χ4n) is 2.38. The van der Waals surface area contributed by atoms with Crippen molar-refractivity contribution in [2.75, 3.05) is 5.32 Å². The van der Waals surface area contributed by atoms with Gasteiger partial charge in [-0.15, -0.1) is 0 Å². The number of nitrogens with zero attached hydrogens (tertiary/aromatic N) is 2. The first-order chi connectivity index (χ1) is 11.7. The molecule has 1 amide bonds. The van der Waals surface area contributed by atoms with Crippen molar-refractivity contribution in [3.05, 3.63) is 72.1 Å². The molecule has 0 spiro atoms. The highest BCUT2D eigenvalue weighted by Gasteiger charge is 2.07. The second kappa shape index (κ2) is 6.89. The number of nitrogens with one attached hydrogen (secondary N) is 1. The third-order valence-electron chi connectivity index (χ3n) is 3.55. The zero-order valence-corrected chi connectivity index (χ0v) is 12.8. The van der Waals surface area contributed by atoms with Gasteiger partial charge in [-0.05, 0) is 23.8 Å². The van der Waals surface area contributed by atoms with Crippen molar-refractivity contribution in [2.45, 2.75) is 6.61 Å². The number of carbonyl (C=O) groups excluding carboxylic acids is 1. The molecule has 2 aromatic carbocycles. The number of amides is 1. The maximum atomic E-state index is 11.3. The lowest BCUT2D eigenvalue weighted by Gasteiger charge is -2.10. The van der Waals surface area contributed by atoms with Crippen LogP contribution in [0.1, 0.15) is 15.9 Å². The number of aliphatic hydroxyl groups is 1. The molecule has 3 rings (SSSR count). The Morgan fingerprint density at radius 3 is 2.71 bits per heavy atom. The highest BCUT2D eigenvalue weighted by molar-refractivity contribution is 5.93. The molecule has 0 atom stereocenters. The first kappa shape index (κ1) is 15.6. The first-order valence-corrected chi connectivity index (χ1v) is 7.35. The smallest absolute Gasteiger partial charge is 0.248 e. The second-order valence-electron chi connectivity index (χ2n) is 5.17. The van der Waals surface area contributed by atoms with Crippen molar-refractivity contribution in [1.29, 1.82) is 0 Å². The van der Waals surface area contributed by atoms with Crippen molar-refractivity contribution in [1.82, 2.24) is 9.97 Å².